The quantitative estimate of drug-likeness (QED) is 0.428. The van der Waals surface area contributed by atoms with E-state index >= 15 is 0 Å². The van der Waals surface area contributed by atoms with E-state index in [0.717, 1.165) is 56.1 Å². The van der Waals surface area contributed by atoms with Crippen molar-refractivity contribution in [2.45, 2.75) is 103 Å². The molecule has 0 aromatic rings. The van der Waals surface area contributed by atoms with Crippen LogP contribution in [-0.2, 0) is 4.79 Å². The summed E-state index contributed by atoms with van der Waals surface area (Å²) in [5.74, 6) is -0.953. The lowest BCUT2D eigenvalue weighted by Crippen LogP contribution is -2.43. The number of hydrogen-bond donors (Lipinski definition) is 4. The summed E-state index contributed by atoms with van der Waals surface area (Å²) in [5, 5.41) is 40.6. The molecule has 3 rings (SSSR count). The summed E-state index contributed by atoms with van der Waals surface area (Å²) in [4.78, 5) is 12.2. The van der Waals surface area contributed by atoms with Gasteiger partial charge in [0.05, 0.1) is 23.7 Å². The number of hydrogen-bond acceptors (Lipinski definition) is 4. The summed E-state index contributed by atoms with van der Waals surface area (Å²) in [7, 11) is 0. The number of rotatable bonds is 7. The van der Waals surface area contributed by atoms with Crippen molar-refractivity contribution in [1.29, 1.82) is 0 Å². The van der Waals surface area contributed by atoms with Crippen LogP contribution in [-0.4, -0.2) is 44.2 Å². The number of aliphatic hydroxyl groups excluding tert-OH is 2. The first kappa shape index (κ1) is 26.2. The van der Waals surface area contributed by atoms with Gasteiger partial charge in [0.2, 0.25) is 0 Å². The van der Waals surface area contributed by atoms with Crippen molar-refractivity contribution in [3.05, 3.63) is 35.5 Å². The fourth-order valence-electron chi connectivity index (χ4n) is 6.89. The van der Waals surface area contributed by atoms with E-state index < -0.39 is 23.6 Å². The number of carboxylic acid groups (broad SMARTS) is 1. The molecule has 7 atom stereocenters. The Morgan fingerprint density at radius 1 is 1.24 bits per heavy atom. The molecule has 0 bridgehead atoms. The zero-order chi connectivity index (χ0) is 24.6. The van der Waals surface area contributed by atoms with Gasteiger partial charge >= 0.3 is 5.97 Å². The van der Waals surface area contributed by atoms with Crippen molar-refractivity contribution in [2.24, 2.45) is 29.1 Å². The minimum Gasteiger partial charge on any atom is -0.481 e. The molecule has 0 radical (unpaired) electrons. The Labute approximate surface area is 199 Å². The monoisotopic (exact) mass is 460 g/mol. The van der Waals surface area contributed by atoms with Gasteiger partial charge in [0.1, 0.15) is 0 Å². The number of aliphatic hydroxyl groups is 3. The van der Waals surface area contributed by atoms with Crippen LogP contribution in [0.15, 0.2) is 35.5 Å². The molecule has 3 unspecified atom stereocenters. The summed E-state index contributed by atoms with van der Waals surface area (Å²) >= 11 is 0. The molecule has 0 saturated heterocycles. The Kier molecular flexibility index (Phi) is 7.97. The lowest BCUT2D eigenvalue weighted by atomic mass is 9.59. The van der Waals surface area contributed by atoms with Crippen LogP contribution in [0.5, 0.6) is 0 Å². The van der Waals surface area contributed by atoms with E-state index in [9.17, 15) is 25.2 Å². The van der Waals surface area contributed by atoms with E-state index in [1.807, 2.05) is 6.92 Å². The van der Waals surface area contributed by atoms with Crippen LogP contribution in [0.25, 0.3) is 0 Å². The van der Waals surface area contributed by atoms with E-state index in [2.05, 4.69) is 25.7 Å². The first-order valence-electron chi connectivity index (χ1n) is 12.7. The van der Waals surface area contributed by atoms with Crippen molar-refractivity contribution >= 4 is 5.97 Å². The van der Waals surface area contributed by atoms with Gasteiger partial charge in [-0.15, -0.1) is 0 Å². The zero-order valence-corrected chi connectivity index (χ0v) is 20.9. The lowest BCUT2D eigenvalue weighted by Gasteiger charge is -2.45. The average Bonchev–Trinajstić information content (AvgIpc) is 3.08. The molecule has 3 fully saturated rings. The molecule has 3 aliphatic rings. The second kappa shape index (κ2) is 10.1. The van der Waals surface area contributed by atoms with Crippen LogP contribution in [0.4, 0.5) is 0 Å². The van der Waals surface area contributed by atoms with E-state index in [1.165, 1.54) is 19.4 Å². The molecule has 3 aliphatic carbocycles. The molecule has 4 N–H and O–H groups in total. The molecule has 5 nitrogen and oxygen atoms in total. The van der Waals surface area contributed by atoms with Gasteiger partial charge in [-0.3, -0.25) is 4.79 Å². The van der Waals surface area contributed by atoms with Crippen LogP contribution >= 0.6 is 0 Å². The molecule has 33 heavy (non-hydrogen) atoms. The Morgan fingerprint density at radius 3 is 2.58 bits per heavy atom. The normalized spacial score (nSPS) is 36.0. The van der Waals surface area contributed by atoms with Gasteiger partial charge in [-0.05, 0) is 100 Å². The highest BCUT2D eigenvalue weighted by Crippen LogP contribution is 2.60. The van der Waals surface area contributed by atoms with Crippen molar-refractivity contribution in [2.75, 3.05) is 0 Å². The molecule has 0 aromatic carbocycles. The van der Waals surface area contributed by atoms with Crippen molar-refractivity contribution in [1.82, 2.24) is 0 Å². The number of allylic oxidation sites excluding steroid dienone is 4. The Balaban J connectivity index is 1.80. The van der Waals surface area contributed by atoms with Gasteiger partial charge in [-0.1, -0.05) is 43.7 Å². The molecule has 5 heteroatoms. The van der Waals surface area contributed by atoms with Crippen LogP contribution in [0.3, 0.4) is 0 Å². The lowest BCUT2D eigenvalue weighted by molar-refractivity contribution is -0.148. The van der Waals surface area contributed by atoms with E-state index in [4.69, 9.17) is 0 Å². The molecule has 3 saturated carbocycles. The highest BCUT2D eigenvalue weighted by atomic mass is 16.4. The van der Waals surface area contributed by atoms with Gasteiger partial charge in [-0.2, -0.15) is 0 Å². The van der Waals surface area contributed by atoms with E-state index in [1.54, 1.807) is 0 Å². The Morgan fingerprint density at radius 2 is 1.94 bits per heavy atom. The van der Waals surface area contributed by atoms with Crippen LogP contribution in [0.2, 0.25) is 0 Å². The third kappa shape index (κ3) is 5.63. The van der Waals surface area contributed by atoms with Crippen LogP contribution in [0.1, 0.15) is 85.5 Å². The smallest absolute Gasteiger partial charge is 0.306 e. The van der Waals surface area contributed by atoms with Crippen molar-refractivity contribution in [3.63, 3.8) is 0 Å². The highest BCUT2D eigenvalue weighted by molar-refractivity contribution is 5.70. The van der Waals surface area contributed by atoms with Gasteiger partial charge in [0.25, 0.3) is 0 Å². The first-order chi connectivity index (χ1) is 15.3. The van der Waals surface area contributed by atoms with Gasteiger partial charge in [0, 0.05) is 0 Å². The largest absolute Gasteiger partial charge is 0.481 e. The van der Waals surface area contributed by atoms with Crippen molar-refractivity contribution in [3.8, 4) is 0 Å². The Hall–Kier alpha value is -1.43. The molecule has 0 spiro atoms. The molecular formula is C28H44O5. The molecular weight excluding hydrogens is 416 g/mol. The first-order valence-corrected chi connectivity index (χ1v) is 12.7. The summed E-state index contributed by atoms with van der Waals surface area (Å²) < 4.78 is 0. The second-order valence-electron chi connectivity index (χ2n) is 11.7. The third-order valence-corrected chi connectivity index (χ3v) is 9.10. The topological polar surface area (TPSA) is 98.0 Å². The molecule has 0 heterocycles. The fourth-order valence-corrected chi connectivity index (χ4v) is 6.89. The number of carboxylic acids is 1. The minimum atomic E-state index is -1.32. The maximum atomic E-state index is 12.2. The molecule has 0 amide bonds. The molecule has 0 aliphatic heterocycles. The average molecular weight is 461 g/mol. The van der Waals surface area contributed by atoms with E-state index in [0.29, 0.717) is 12.3 Å². The number of fused-ring (bicyclic) bond motifs is 1. The standard InChI is InChI=1S/C28H44O5/c1-17-8-11-21(29)15-20(17)10-9-19-7-6-14-28(5)23(12-13-24(19)28)18(2)22(26(31)32)16-25(30)27(3,4)33/h9-10,18,21-25,29-30,33H,1,6-8,11-16H2,2-5H3,(H,31,32)/b19-9?,20-10-/t18-,21+,22?,23-,24?,25?,28-/m1/s1. The summed E-state index contributed by atoms with van der Waals surface area (Å²) in [5.41, 5.74) is 2.45. The van der Waals surface area contributed by atoms with Crippen LogP contribution < -0.4 is 0 Å². The predicted molar refractivity (Wildman–Crippen MR) is 131 cm³/mol. The van der Waals surface area contributed by atoms with Gasteiger partial charge in [-0.25, -0.2) is 0 Å². The van der Waals surface area contributed by atoms with Crippen LogP contribution in [0, 0.1) is 29.1 Å². The van der Waals surface area contributed by atoms with Gasteiger partial charge in [0.15, 0.2) is 0 Å². The second-order valence-corrected chi connectivity index (χ2v) is 11.7. The molecule has 186 valence electrons. The zero-order valence-electron chi connectivity index (χ0n) is 20.9. The Bertz CT molecular complexity index is 804. The van der Waals surface area contributed by atoms with Gasteiger partial charge < -0.3 is 20.4 Å². The number of carbonyl (C=O) groups is 1. The fraction of sp³-hybridized carbons (Fsp3) is 0.750. The highest BCUT2D eigenvalue weighted by Gasteiger charge is 2.52. The summed E-state index contributed by atoms with van der Waals surface area (Å²) in [6, 6.07) is 0. The minimum absolute atomic E-state index is 0.0402. The summed E-state index contributed by atoms with van der Waals surface area (Å²) in [6.45, 7) is 11.6. The predicted octanol–water partition coefficient (Wildman–Crippen LogP) is 5.02. The third-order valence-electron chi connectivity index (χ3n) is 9.10. The SMILES string of the molecule is C=C1CC[C@H](O)C/C1=C/C=C1CCC[C@@]2(C)C1CC[C@@H]2[C@H](C)C(CC(O)C(C)(C)O)C(=O)O. The maximum Gasteiger partial charge on any atom is 0.306 e. The van der Waals surface area contributed by atoms with Crippen molar-refractivity contribution < 1.29 is 25.2 Å². The summed E-state index contributed by atoms with van der Waals surface area (Å²) in [6.07, 6.45) is 10.8. The maximum absolute atomic E-state index is 12.2. The van der Waals surface area contributed by atoms with E-state index in [-0.39, 0.29) is 29.8 Å². The molecule has 0 aromatic heterocycles. The number of aliphatic carboxylic acids is 1.